The highest BCUT2D eigenvalue weighted by Gasteiger charge is 2.29. The van der Waals surface area contributed by atoms with E-state index >= 15 is 0 Å². The molecule has 5 nitrogen and oxygen atoms in total. The van der Waals surface area contributed by atoms with Gasteiger partial charge >= 0.3 is 5.97 Å². The minimum absolute atomic E-state index is 0.0450. The lowest BCUT2D eigenvalue weighted by Crippen LogP contribution is -2.33. The molecule has 1 aromatic heterocycles. The van der Waals surface area contributed by atoms with E-state index in [0.717, 1.165) is 17.7 Å². The number of aromatic nitrogens is 1. The van der Waals surface area contributed by atoms with E-state index in [4.69, 9.17) is 5.11 Å². The highest BCUT2D eigenvalue weighted by atomic mass is 16.4. The van der Waals surface area contributed by atoms with Gasteiger partial charge in [-0.1, -0.05) is 13.0 Å². The number of carboxylic acid groups (broad SMARTS) is 1. The average Bonchev–Trinajstić information content (AvgIpc) is 2.36. The maximum absolute atomic E-state index is 11.7. The Kier molecular flexibility index (Phi) is 5.03. The summed E-state index contributed by atoms with van der Waals surface area (Å²) in [5.74, 6) is -1.25. The van der Waals surface area contributed by atoms with Crippen molar-refractivity contribution in [3.8, 4) is 0 Å². The summed E-state index contributed by atoms with van der Waals surface area (Å²) in [7, 11) is 0. The van der Waals surface area contributed by atoms with Gasteiger partial charge in [-0.2, -0.15) is 0 Å². The maximum atomic E-state index is 11.7. The van der Waals surface area contributed by atoms with Crippen molar-refractivity contribution in [2.75, 3.05) is 0 Å². The SMILES string of the molecule is CCc1cccnc1CNC(=O)CC(C)(C)C(=O)O. The Morgan fingerprint density at radius 1 is 1.42 bits per heavy atom. The van der Waals surface area contributed by atoms with Crippen LogP contribution in [-0.4, -0.2) is 22.0 Å². The summed E-state index contributed by atoms with van der Waals surface area (Å²) in [6.45, 7) is 5.43. The van der Waals surface area contributed by atoms with Crippen LogP contribution in [0.4, 0.5) is 0 Å². The molecule has 0 spiro atoms. The number of aliphatic carboxylic acids is 1. The van der Waals surface area contributed by atoms with Crippen LogP contribution in [0.3, 0.4) is 0 Å². The van der Waals surface area contributed by atoms with Gasteiger partial charge in [0.1, 0.15) is 0 Å². The first-order chi connectivity index (χ1) is 8.86. The van der Waals surface area contributed by atoms with Gasteiger partial charge < -0.3 is 10.4 Å². The number of hydrogen-bond acceptors (Lipinski definition) is 3. The maximum Gasteiger partial charge on any atom is 0.309 e. The molecule has 0 saturated heterocycles. The Balaban J connectivity index is 2.58. The minimum Gasteiger partial charge on any atom is -0.481 e. The molecule has 0 saturated carbocycles. The van der Waals surface area contributed by atoms with Crippen molar-refractivity contribution in [1.82, 2.24) is 10.3 Å². The fourth-order valence-electron chi connectivity index (χ4n) is 1.67. The second kappa shape index (κ2) is 6.31. The minimum atomic E-state index is -1.05. The lowest BCUT2D eigenvalue weighted by molar-refractivity contribution is -0.149. The molecule has 1 amide bonds. The van der Waals surface area contributed by atoms with Gasteiger partial charge in [0.25, 0.3) is 0 Å². The molecule has 0 fully saturated rings. The quantitative estimate of drug-likeness (QED) is 0.820. The topological polar surface area (TPSA) is 79.3 Å². The number of carboxylic acids is 1. The van der Waals surface area contributed by atoms with Crippen LogP contribution in [0.5, 0.6) is 0 Å². The molecule has 0 aromatic carbocycles. The summed E-state index contributed by atoms with van der Waals surface area (Å²) < 4.78 is 0. The van der Waals surface area contributed by atoms with Crippen molar-refractivity contribution in [3.05, 3.63) is 29.6 Å². The number of pyridine rings is 1. The van der Waals surface area contributed by atoms with E-state index in [0.29, 0.717) is 6.54 Å². The monoisotopic (exact) mass is 264 g/mol. The standard InChI is InChI=1S/C14H20N2O3/c1-4-10-6-5-7-15-11(10)9-16-12(17)8-14(2,3)13(18)19/h5-7H,4,8-9H2,1-3H3,(H,16,17)(H,18,19). The van der Waals surface area contributed by atoms with E-state index in [-0.39, 0.29) is 12.3 Å². The molecule has 0 unspecified atom stereocenters. The van der Waals surface area contributed by atoms with Crippen molar-refractivity contribution in [1.29, 1.82) is 0 Å². The molecule has 0 bridgehead atoms. The second-order valence-electron chi connectivity index (χ2n) is 5.11. The number of hydrogen-bond donors (Lipinski definition) is 2. The number of nitrogens with one attached hydrogen (secondary N) is 1. The summed E-state index contributed by atoms with van der Waals surface area (Å²) in [6, 6.07) is 3.83. The van der Waals surface area contributed by atoms with Gasteiger partial charge in [0.05, 0.1) is 17.7 Å². The highest BCUT2D eigenvalue weighted by Crippen LogP contribution is 2.20. The summed E-state index contributed by atoms with van der Waals surface area (Å²) in [5, 5.41) is 11.7. The van der Waals surface area contributed by atoms with E-state index in [2.05, 4.69) is 10.3 Å². The Morgan fingerprint density at radius 2 is 2.11 bits per heavy atom. The predicted octanol–water partition coefficient (Wildman–Crippen LogP) is 1.76. The molecule has 1 rings (SSSR count). The molecule has 19 heavy (non-hydrogen) atoms. The molecule has 0 atom stereocenters. The van der Waals surface area contributed by atoms with Crippen molar-refractivity contribution >= 4 is 11.9 Å². The molecule has 2 N–H and O–H groups in total. The largest absolute Gasteiger partial charge is 0.481 e. The number of rotatable bonds is 6. The van der Waals surface area contributed by atoms with Crippen LogP contribution in [0.2, 0.25) is 0 Å². The van der Waals surface area contributed by atoms with E-state index in [1.165, 1.54) is 13.8 Å². The van der Waals surface area contributed by atoms with Crippen molar-refractivity contribution in [3.63, 3.8) is 0 Å². The van der Waals surface area contributed by atoms with Gasteiger partial charge in [-0.05, 0) is 31.9 Å². The van der Waals surface area contributed by atoms with E-state index in [9.17, 15) is 9.59 Å². The predicted molar refractivity (Wildman–Crippen MR) is 71.5 cm³/mol. The van der Waals surface area contributed by atoms with Crippen LogP contribution in [0.25, 0.3) is 0 Å². The van der Waals surface area contributed by atoms with Crippen LogP contribution in [0, 0.1) is 5.41 Å². The Hall–Kier alpha value is -1.91. The number of amides is 1. The molecular formula is C14H20N2O3. The third-order valence-corrected chi connectivity index (χ3v) is 3.00. The van der Waals surface area contributed by atoms with Crippen LogP contribution >= 0.6 is 0 Å². The van der Waals surface area contributed by atoms with Crippen LogP contribution in [0.15, 0.2) is 18.3 Å². The zero-order valence-electron chi connectivity index (χ0n) is 11.6. The number of nitrogens with zero attached hydrogens (tertiary/aromatic N) is 1. The summed E-state index contributed by atoms with van der Waals surface area (Å²) in [5.41, 5.74) is 0.855. The zero-order valence-corrected chi connectivity index (χ0v) is 11.6. The van der Waals surface area contributed by atoms with Gasteiger partial charge in [0, 0.05) is 12.6 Å². The molecule has 0 aliphatic rings. The lowest BCUT2D eigenvalue weighted by Gasteiger charge is -2.18. The summed E-state index contributed by atoms with van der Waals surface area (Å²) in [6.07, 6.45) is 2.48. The molecule has 1 aromatic rings. The average molecular weight is 264 g/mol. The number of carbonyl (C=O) groups excluding carboxylic acids is 1. The zero-order chi connectivity index (χ0) is 14.5. The summed E-state index contributed by atoms with van der Waals surface area (Å²) >= 11 is 0. The van der Waals surface area contributed by atoms with Gasteiger partial charge in [0.2, 0.25) is 5.91 Å². The third-order valence-electron chi connectivity index (χ3n) is 3.00. The Morgan fingerprint density at radius 3 is 2.68 bits per heavy atom. The second-order valence-corrected chi connectivity index (χ2v) is 5.11. The van der Waals surface area contributed by atoms with E-state index < -0.39 is 11.4 Å². The molecular weight excluding hydrogens is 244 g/mol. The first-order valence-corrected chi connectivity index (χ1v) is 6.29. The van der Waals surface area contributed by atoms with Crippen molar-refractivity contribution in [2.45, 2.75) is 40.2 Å². The third kappa shape index (κ3) is 4.35. The number of carbonyl (C=O) groups is 2. The molecule has 1 heterocycles. The lowest BCUT2D eigenvalue weighted by atomic mass is 9.89. The molecule has 5 heteroatoms. The Bertz CT molecular complexity index is 470. The van der Waals surface area contributed by atoms with Crippen molar-refractivity contribution < 1.29 is 14.7 Å². The first-order valence-electron chi connectivity index (χ1n) is 6.29. The fraction of sp³-hybridized carbons (Fsp3) is 0.500. The molecule has 0 aliphatic carbocycles. The number of aryl methyl sites for hydroxylation is 1. The van der Waals surface area contributed by atoms with Gasteiger partial charge in [-0.15, -0.1) is 0 Å². The molecule has 104 valence electrons. The molecule has 0 aliphatic heterocycles. The fourth-order valence-corrected chi connectivity index (χ4v) is 1.67. The normalized spacial score (nSPS) is 11.1. The Labute approximate surface area is 113 Å². The van der Waals surface area contributed by atoms with Crippen LogP contribution in [0.1, 0.15) is 38.4 Å². The van der Waals surface area contributed by atoms with Crippen molar-refractivity contribution in [2.24, 2.45) is 5.41 Å². The summed E-state index contributed by atoms with van der Waals surface area (Å²) in [4.78, 5) is 26.9. The van der Waals surface area contributed by atoms with E-state index in [1.807, 2.05) is 19.1 Å². The van der Waals surface area contributed by atoms with Crippen LogP contribution in [-0.2, 0) is 22.6 Å². The highest BCUT2D eigenvalue weighted by molar-refractivity contribution is 5.84. The van der Waals surface area contributed by atoms with Gasteiger partial charge in [0.15, 0.2) is 0 Å². The van der Waals surface area contributed by atoms with Crippen LogP contribution < -0.4 is 5.32 Å². The smallest absolute Gasteiger partial charge is 0.309 e. The molecule has 0 radical (unpaired) electrons. The van der Waals surface area contributed by atoms with Gasteiger partial charge in [-0.3, -0.25) is 14.6 Å². The van der Waals surface area contributed by atoms with Gasteiger partial charge in [-0.25, -0.2) is 0 Å². The van der Waals surface area contributed by atoms with E-state index in [1.54, 1.807) is 6.20 Å². The first kappa shape index (κ1) is 15.1.